The Morgan fingerprint density at radius 2 is 1.96 bits per heavy atom. The molecule has 0 unspecified atom stereocenters. The zero-order chi connectivity index (χ0) is 16.5. The van der Waals surface area contributed by atoms with Crippen LogP contribution < -0.4 is 0 Å². The summed E-state index contributed by atoms with van der Waals surface area (Å²) >= 11 is 0. The van der Waals surface area contributed by atoms with Crippen LogP contribution in [0.4, 0.5) is 0 Å². The highest BCUT2D eigenvalue weighted by Gasteiger charge is 2.48. The Bertz CT molecular complexity index is 696. The van der Waals surface area contributed by atoms with Crippen LogP contribution in [-0.2, 0) is 0 Å². The maximum atomic E-state index is 13.2. The van der Waals surface area contributed by atoms with E-state index in [2.05, 4.69) is 0 Å². The number of hydrogen-bond acceptors (Lipinski definition) is 3. The largest absolute Gasteiger partial charge is 0.633 e. The van der Waals surface area contributed by atoms with Gasteiger partial charge in [-0.05, 0) is 36.0 Å². The number of rotatable bonds is 1. The molecule has 4 aliphatic heterocycles. The van der Waals surface area contributed by atoms with Gasteiger partial charge in [0.15, 0.2) is 0 Å². The van der Waals surface area contributed by atoms with Crippen LogP contribution in [-0.4, -0.2) is 52.8 Å². The highest BCUT2D eigenvalue weighted by Crippen LogP contribution is 2.45. The summed E-state index contributed by atoms with van der Waals surface area (Å²) in [5.74, 6) is 0.872. The van der Waals surface area contributed by atoms with Gasteiger partial charge in [0.2, 0.25) is 0 Å². The van der Waals surface area contributed by atoms with E-state index in [4.69, 9.17) is 0 Å². The highest BCUT2D eigenvalue weighted by molar-refractivity contribution is 5.98. The SMILES string of the molecule is O=C1c2cccc3c2[C@H](CC[C@H]3O)CN1[C@@H]1C[N+]2([O-])CCC1CC2. The molecular formula is C19H24N2O3. The molecule has 6 rings (SSSR count). The molecule has 1 amide bonds. The summed E-state index contributed by atoms with van der Waals surface area (Å²) < 4.78 is -0.110. The van der Waals surface area contributed by atoms with Gasteiger partial charge in [-0.15, -0.1) is 0 Å². The molecule has 4 heterocycles. The van der Waals surface area contributed by atoms with Crippen molar-refractivity contribution in [3.8, 4) is 0 Å². The summed E-state index contributed by atoms with van der Waals surface area (Å²) in [5.41, 5.74) is 2.78. The molecule has 0 aromatic heterocycles. The minimum absolute atomic E-state index is 0.0718. The molecule has 0 spiro atoms. The Labute approximate surface area is 142 Å². The van der Waals surface area contributed by atoms with Gasteiger partial charge in [-0.3, -0.25) is 4.79 Å². The number of nitrogens with zero attached hydrogens (tertiary/aromatic N) is 2. The lowest BCUT2D eigenvalue weighted by molar-refractivity contribution is -0.899. The summed E-state index contributed by atoms with van der Waals surface area (Å²) in [6.07, 6.45) is 3.15. The molecule has 1 aliphatic carbocycles. The van der Waals surface area contributed by atoms with Crippen LogP contribution in [0, 0.1) is 11.1 Å². The van der Waals surface area contributed by atoms with E-state index in [0.717, 1.165) is 62.0 Å². The van der Waals surface area contributed by atoms with E-state index in [-0.39, 0.29) is 16.6 Å². The number of quaternary nitrogens is 1. The quantitative estimate of drug-likeness (QED) is 0.635. The fraction of sp³-hybridized carbons (Fsp3) is 0.632. The molecular weight excluding hydrogens is 304 g/mol. The molecule has 3 saturated heterocycles. The van der Waals surface area contributed by atoms with Crippen molar-refractivity contribution in [2.24, 2.45) is 5.92 Å². The second-order valence-corrected chi connectivity index (χ2v) is 8.15. The number of amides is 1. The minimum atomic E-state index is -0.442. The van der Waals surface area contributed by atoms with Gasteiger partial charge in [0.1, 0.15) is 0 Å². The van der Waals surface area contributed by atoms with Gasteiger partial charge >= 0.3 is 0 Å². The van der Waals surface area contributed by atoms with Crippen LogP contribution in [0.15, 0.2) is 18.2 Å². The fourth-order valence-corrected chi connectivity index (χ4v) is 5.59. The zero-order valence-electron chi connectivity index (χ0n) is 13.9. The maximum Gasteiger partial charge on any atom is 0.254 e. The average Bonchev–Trinajstić information content (AvgIpc) is 2.60. The number of benzene rings is 1. The number of aliphatic hydroxyl groups is 1. The van der Waals surface area contributed by atoms with Gasteiger partial charge < -0.3 is 19.9 Å². The van der Waals surface area contributed by atoms with Crippen LogP contribution in [0.2, 0.25) is 0 Å². The number of carbonyl (C=O) groups excluding carboxylic acids is 1. The fourth-order valence-electron chi connectivity index (χ4n) is 5.59. The zero-order valence-corrected chi connectivity index (χ0v) is 13.9. The molecule has 1 aromatic rings. The number of hydroxylamine groups is 3. The van der Waals surface area contributed by atoms with Crippen molar-refractivity contribution in [3.05, 3.63) is 40.1 Å². The van der Waals surface area contributed by atoms with Crippen LogP contribution in [0.1, 0.15) is 59.2 Å². The van der Waals surface area contributed by atoms with E-state index in [1.165, 1.54) is 0 Å². The van der Waals surface area contributed by atoms with Gasteiger partial charge in [-0.25, -0.2) is 0 Å². The van der Waals surface area contributed by atoms with Gasteiger partial charge in [0.05, 0.1) is 31.8 Å². The lowest BCUT2D eigenvalue weighted by atomic mass is 9.74. The van der Waals surface area contributed by atoms with Crippen molar-refractivity contribution >= 4 is 5.91 Å². The standard InChI is InChI=1S/C19H24N2O3/c22-17-5-4-13-10-20(16-11-21(24)8-6-12(16)7-9-21)19(23)15-3-1-2-14(17)18(13)15/h1-3,12-13,16-17,22H,4-11H2/t12?,13-,16-,17-,21?/m1/s1. The monoisotopic (exact) mass is 328 g/mol. The average molecular weight is 328 g/mol. The molecule has 3 fully saturated rings. The first-order chi connectivity index (χ1) is 11.6. The molecule has 5 aliphatic rings. The Morgan fingerprint density at radius 1 is 1.17 bits per heavy atom. The third-order valence-electron chi connectivity index (χ3n) is 6.88. The highest BCUT2D eigenvalue weighted by atomic mass is 16.5. The summed E-state index contributed by atoms with van der Waals surface area (Å²) in [7, 11) is 0. The smallest absolute Gasteiger partial charge is 0.254 e. The lowest BCUT2D eigenvalue weighted by Crippen LogP contribution is -2.66. The molecule has 24 heavy (non-hydrogen) atoms. The first kappa shape index (κ1) is 14.9. The molecule has 1 aromatic carbocycles. The minimum Gasteiger partial charge on any atom is -0.633 e. The number of hydrogen-bond donors (Lipinski definition) is 1. The molecule has 1 N–H and O–H groups in total. The van der Waals surface area contributed by atoms with Crippen molar-refractivity contribution in [3.63, 3.8) is 0 Å². The lowest BCUT2D eigenvalue weighted by Gasteiger charge is -2.58. The Kier molecular flexibility index (Phi) is 3.12. The second-order valence-electron chi connectivity index (χ2n) is 8.15. The van der Waals surface area contributed by atoms with Crippen molar-refractivity contribution in [2.75, 3.05) is 26.2 Å². The van der Waals surface area contributed by atoms with Crippen LogP contribution in [0.3, 0.4) is 0 Å². The third kappa shape index (κ3) is 2.01. The van der Waals surface area contributed by atoms with E-state index < -0.39 is 6.10 Å². The molecule has 5 nitrogen and oxygen atoms in total. The Hall–Kier alpha value is -1.43. The van der Waals surface area contributed by atoms with Crippen LogP contribution in [0.25, 0.3) is 0 Å². The van der Waals surface area contributed by atoms with Gasteiger partial charge in [-0.1, -0.05) is 12.1 Å². The van der Waals surface area contributed by atoms with E-state index in [0.29, 0.717) is 18.4 Å². The normalized spacial score (nSPS) is 40.6. The topological polar surface area (TPSA) is 63.6 Å². The Balaban J connectivity index is 1.53. The van der Waals surface area contributed by atoms with Gasteiger partial charge in [0.25, 0.3) is 5.91 Å². The van der Waals surface area contributed by atoms with E-state index >= 15 is 0 Å². The Morgan fingerprint density at radius 3 is 2.71 bits per heavy atom. The van der Waals surface area contributed by atoms with Crippen LogP contribution in [0.5, 0.6) is 0 Å². The summed E-state index contributed by atoms with van der Waals surface area (Å²) in [6.45, 7) is 2.73. The van der Waals surface area contributed by atoms with Crippen molar-refractivity contribution < 1.29 is 14.5 Å². The number of fused-ring (bicyclic) bond motifs is 3. The summed E-state index contributed by atoms with van der Waals surface area (Å²) in [4.78, 5) is 15.2. The molecule has 5 heteroatoms. The summed E-state index contributed by atoms with van der Waals surface area (Å²) in [6, 6.07) is 5.85. The van der Waals surface area contributed by atoms with Crippen molar-refractivity contribution in [1.29, 1.82) is 0 Å². The summed E-state index contributed by atoms with van der Waals surface area (Å²) in [5, 5.41) is 23.0. The number of carbonyl (C=O) groups is 1. The molecule has 0 radical (unpaired) electrons. The number of piperidine rings is 3. The first-order valence-electron chi connectivity index (χ1n) is 9.25. The van der Waals surface area contributed by atoms with Crippen LogP contribution >= 0.6 is 0 Å². The van der Waals surface area contributed by atoms with Crippen molar-refractivity contribution in [1.82, 2.24) is 4.90 Å². The molecule has 128 valence electrons. The molecule has 2 bridgehead atoms. The van der Waals surface area contributed by atoms with Gasteiger partial charge in [-0.2, -0.15) is 0 Å². The van der Waals surface area contributed by atoms with Crippen molar-refractivity contribution in [2.45, 2.75) is 43.7 Å². The first-order valence-corrected chi connectivity index (χ1v) is 9.25. The van der Waals surface area contributed by atoms with E-state index in [1.54, 1.807) is 0 Å². The van der Waals surface area contributed by atoms with Gasteiger partial charge in [0, 0.05) is 30.9 Å². The molecule has 3 atom stereocenters. The predicted octanol–water partition coefficient (Wildman–Crippen LogP) is 2.16. The predicted molar refractivity (Wildman–Crippen MR) is 89.2 cm³/mol. The number of aliphatic hydroxyl groups excluding tert-OH is 1. The maximum absolute atomic E-state index is 13.2. The molecule has 0 saturated carbocycles. The second kappa shape index (κ2) is 5.04. The van der Waals surface area contributed by atoms with E-state index in [1.807, 2.05) is 23.1 Å². The van der Waals surface area contributed by atoms with E-state index in [9.17, 15) is 15.1 Å². The third-order valence-corrected chi connectivity index (χ3v) is 6.88.